The predicted molar refractivity (Wildman–Crippen MR) is 92.5 cm³/mol. The summed E-state index contributed by atoms with van der Waals surface area (Å²) in [6.07, 6.45) is 4.50. The van der Waals surface area contributed by atoms with Gasteiger partial charge >= 0.3 is 12.1 Å². The molecule has 1 heterocycles. The topological polar surface area (TPSA) is 81.9 Å². The number of nitrogens with zero attached hydrogens (tertiary/aromatic N) is 1. The Morgan fingerprint density at radius 2 is 1.88 bits per heavy atom. The van der Waals surface area contributed by atoms with Gasteiger partial charge in [-0.2, -0.15) is 0 Å². The van der Waals surface area contributed by atoms with Gasteiger partial charge in [0.2, 0.25) is 0 Å². The van der Waals surface area contributed by atoms with Crippen molar-refractivity contribution in [2.45, 2.75) is 38.5 Å². The Kier molecular flexibility index (Phi) is 5.08. The highest BCUT2D eigenvalue weighted by molar-refractivity contribution is 5.68. The standard InChI is InChI=1S/C19H24N2O4/c1-14(22)25-17-8-7-16(20)19(17)9-11-21(12-10-19)18(23)24-13-15-5-3-2-4-6-15/h2-8,16-17H,9-13,20H2,1H3/t16-,17+/m0/s1. The summed E-state index contributed by atoms with van der Waals surface area (Å²) in [5.41, 5.74) is 6.90. The van der Waals surface area contributed by atoms with Crippen LogP contribution in [0.25, 0.3) is 0 Å². The molecule has 2 aliphatic rings. The summed E-state index contributed by atoms with van der Waals surface area (Å²) in [6.45, 7) is 2.75. The first-order valence-corrected chi connectivity index (χ1v) is 8.58. The molecule has 2 atom stereocenters. The number of ether oxygens (including phenoxy) is 2. The van der Waals surface area contributed by atoms with E-state index in [0.717, 1.165) is 5.56 Å². The summed E-state index contributed by atoms with van der Waals surface area (Å²) in [5, 5.41) is 0. The zero-order chi connectivity index (χ0) is 17.9. The third-order valence-electron chi connectivity index (χ3n) is 5.17. The molecule has 1 aliphatic heterocycles. The number of piperidine rings is 1. The first kappa shape index (κ1) is 17.5. The van der Waals surface area contributed by atoms with Gasteiger partial charge < -0.3 is 20.1 Å². The zero-order valence-electron chi connectivity index (χ0n) is 14.4. The zero-order valence-corrected chi connectivity index (χ0v) is 14.4. The van der Waals surface area contributed by atoms with Crippen molar-refractivity contribution in [1.82, 2.24) is 4.90 Å². The van der Waals surface area contributed by atoms with Crippen LogP contribution in [-0.2, 0) is 20.9 Å². The Bertz CT molecular complexity index is 651. The van der Waals surface area contributed by atoms with E-state index in [4.69, 9.17) is 15.2 Å². The van der Waals surface area contributed by atoms with E-state index in [-0.39, 0.29) is 36.2 Å². The molecule has 3 rings (SSSR count). The fourth-order valence-electron chi connectivity index (χ4n) is 3.66. The lowest BCUT2D eigenvalue weighted by atomic mass is 9.72. The van der Waals surface area contributed by atoms with Crippen LogP contribution in [0, 0.1) is 5.41 Å². The molecule has 1 spiro atoms. The van der Waals surface area contributed by atoms with E-state index < -0.39 is 0 Å². The predicted octanol–water partition coefficient (Wildman–Crippen LogP) is 2.23. The molecule has 0 radical (unpaired) electrons. The molecule has 0 bridgehead atoms. The van der Waals surface area contributed by atoms with E-state index in [0.29, 0.717) is 25.9 Å². The average molecular weight is 344 g/mol. The maximum Gasteiger partial charge on any atom is 0.410 e. The van der Waals surface area contributed by atoms with E-state index >= 15 is 0 Å². The van der Waals surface area contributed by atoms with Crippen molar-refractivity contribution in [3.05, 3.63) is 48.0 Å². The molecule has 1 fully saturated rings. The molecule has 1 aromatic rings. The summed E-state index contributed by atoms with van der Waals surface area (Å²) < 4.78 is 10.8. The largest absolute Gasteiger partial charge is 0.458 e. The normalized spacial score (nSPS) is 24.3. The molecule has 25 heavy (non-hydrogen) atoms. The van der Waals surface area contributed by atoms with Gasteiger partial charge in [-0.05, 0) is 24.5 Å². The van der Waals surface area contributed by atoms with Crippen molar-refractivity contribution in [2.24, 2.45) is 11.1 Å². The molecule has 0 unspecified atom stereocenters. The fourth-order valence-corrected chi connectivity index (χ4v) is 3.66. The first-order chi connectivity index (χ1) is 12.0. The molecule has 0 aromatic heterocycles. The van der Waals surface area contributed by atoms with Crippen molar-refractivity contribution >= 4 is 12.1 Å². The SMILES string of the molecule is CC(=O)O[C@@H]1C=C[C@H](N)C12CCN(C(=O)OCc1ccccc1)CC2. The van der Waals surface area contributed by atoms with E-state index in [1.54, 1.807) is 4.90 Å². The molecule has 2 N–H and O–H groups in total. The minimum Gasteiger partial charge on any atom is -0.458 e. The van der Waals surface area contributed by atoms with Gasteiger partial charge in [-0.25, -0.2) is 4.79 Å². The number of hydrogen-bond donors (Lipinski definition) is 1. The van der Waals surface area contributed by atoms with Crippen LogP contribution in [0.4, 0.5) is 4.79 Å². The number of likely N-dealkylation sites (tertiary alicyclic amines) is 1. The van der Waals surface area contributed by atoms with Gasteiger partial charge in [0, 0.05) is 31.5 Å². The van der Waals surface area contributed by atoms with E-state index in [2.05, 4.69) is 0 Å². The lowest BCUT2D eigenvalue weighted by Gasteiger charge is -2.44. The molecule has 134 valence electrons. The van der Waals surface area contributed by atoms with Crippen LogP contribution in [-0.4, -0.2) is 42.2 Å². The average Bonchev–Trinajstić information content (AvgIpc) is 2.90. The van der Waals surface area contributed by atoms with Crippen LogP contribution in [0.3, 0.4) is 0 Å². The Hall–Kier alpha value is -2.34. The van der Waals surface area contributed by atoms with Crippen LogP contribution in [0.15, 0.2) is 42.5 Å². The monoisotopic (exact) mass is 344 g/mol. The summed E-state index contributed by atoms with van der Waals surface area (Å²) in [7, 11) is 0. The van der Waals surface area contributed by atoms with Crippen molar-refractivity contribution in [3.63, 3.8) is 0 Å². The van der Waals surface area contributed by atoms with Crippen molar-refractivity contribution in [3.8, 4) is 0 Å². The van der Waals surface area contributed by atoms with Crippen LogP contribution < -0.4 is 5.73 Å². The number of esters is 1. The molecule has 1 aliphatic carbocycles. The van der Waals surface area contributed by atoms with Crippen LogP contribution >= 0.6 is 0 Å². The number of nitrogens with two attached hydrogens (primary N) is 1. The lowest BCUT2D eigenvalue weighted by Crippen LogP contribution is -2.53. The van der Waals surface area contributed by atoms with Crippen LogP contribution in [0.1, 0.15) is 25.3 Å². The third-order valence-corrected chi connectivity index (χ3v) is 5.17. The third kappa shape index (κ3) is 3.69. The highest BCUT2D eigenvalue weighted by atomic mass is 16.6. The Morgan fingerprint density at radius 3 is 2.52 bits per heavy atom. The van der Waals surface area contributed by atoms with Crippen molar-refractivity contribution < 1.29 is 19.1 Å². The van der Waals surface area contributed by atoms with Gasteiger partial charge in [0.05, 0.1) is 0 Å². The second-order valence-electron chi connectivity index (χ2n) is 6.70. The van der Waals surface area contributed by atoms with Gasteiger partial charge in [0.15, 0.2) is 0 Å². The number of amides is 1. The van der Waals surface area contributed by atoms with Crippen molar-refractivity contribution in [1.29, 1.82) is 0 Å². The number of carbonyl (C=O) groups is 2. The first-order valence-electron chi connectivity index (χ1n) is 8.58. The smallest absolute Gasteiger partial charge is 0.410 e. The van der Waals surface area contributed by atoms with Crippen LogP contribution in [0.2, 0.25) is 0 Å². The number of benzene rings is 1. The molecule has 1 amide bonds. The van der Waals surface area contributed by atoms with Crippen molar-refractivity contribution in [2.75, 3.05) is 13.1 Å². The lowest BCUT2D eigenvalue weighted by molar-refractivity contribution is -0.151. The quantitative estimate of drug-likeness (QED) is 0.672. The van der Waals surface area contributed by atoms with E-state index in [9.17, 15) is 9.59 Å². The van der Waals surface area contributed by atoms with Gasteiger partial charge in [-0.3, -0.25) is 4.79 Å². The maximum absolute atomic E-state index is 12.3. The number of carbonyl (C=O) groups excluding carboxylic acids is 2. The molecular weight excluding hydrogens is 320 g/mol. The second kappa shape index (κ2) is 7.27. The van der Waals surface area contributed by atoms with Gasteiger partial charge in [-0.1, -0.05) is 36.4 Å². The van der Waals surface area contributed by atoms with E-state index in [1.165, 1.54) is 6.92 Å². The number of hydrogen-bond acceptors (Lipinski definition) is 5. The minimum atomic E-state index is -0.318. The Balaban J connectivity index is 1.55. The highest BCUT2D eigenvalue weighted by Crippen LogP contribution is 2.44. The molecule has 1 saturated heterocycles. The molecule has 1 aromatic carbocycles. The minimum absolute atomic E-state index is 0.167. The highest BCUT2D eigenvalue weighted by Gasteiger charge is 2.49. The summed E-state index contributed by atoms with van der Waals surface area (Å²) >= 11 is 0. The van der Waals surface area contributed by atoms with Gasteiger partial charge in [0.25, 0.3) is 0 Å². The summed E-state index contributed by atoms with van der Waals surface area (Å²) in [5.74, 6) is -0.312. The molecule has 6 nitrogen and oxygen atoms in total. The molecule has 6 heteroatoms. The second-order valence-corrected chi connectivity index (χ2v) is 6.70. The molecular formula is C19H24N2O4. The fraction of sp³-hybridized carbons (Fsp3) is 0.474. The van der Waals surface area contributed by atoms with Gasteiger partial charge in [0.1, 0.15) is 12.7 Å². The van der Waals surface area contributed by atoms with Gasteiger partial charge in [-0.15, -0.1) is 0 Å². The van der Waals surface area contributed by atoms with E-state index in [1.807, 2.05) is 42.5 Å². The maximum atomic E-state index is 12.3. The summed E-state index contributed by atoms with van der Waals surface area (Å²) in [6, 6.07) is 9.43. The molecule has 0 saturated carbocycles. The number of rotatable bonds is 3. The van der Waals surface area contributed by atoms with Crippen LogP contribution in [0.5, 0.6) is 0 Å². The Labute approximate surface area is 147 Å². The summed E-state index contributed by atoms with van der Waals surface area (Å²) in [4.78, 5) is 25.3. The Morgan fingerprint density at radius 1 is 1.20 bits per heavy atom.